The Morgan fingerprint density at radius 1 is 1.33 bits per heavy atom. The molecule has 0 aliphatic carbocycles. The third-order valence-electron chi connectivity index (χ3n) is 2.22. The molecule has 92 valence electrons. The van der Waals surface area contributed by atoms with Crippen LogP contribution in [-0.4, -0.2) is 31.0 Å². The minimum absolute atomic E-state index is 0.149. The second kappa shape index (κ2) is 6.12. The number of anilines is 1. The van der Waals surface area contributed by atoms with Crippen molar-refractivity contribution in [3.63, 3.8) is 0 Å². The minimum Gasteiger partial charge on any atom is -0.497 e. The van der Waals surface area contributed by atoms with Gasteiger partial charge in [-0.05, 0) is 12.1 Å². The number of nitrogen functional groups attached to an aromatic ring is 1. The lowest BCUT2D eigenvalue weighted by molar-refractivity contribution is 0.0794. The Morgan fingerprint density at radius 3 is 2.44 bits per heavy atom. The predicted molar refractivity (Wildman–Crippen MR) is 64.5 cm³/mol. The van der Waals surface area contributed by atoms with Crippen molar-refractivity contribution in [3.8, 4) is 17.9 Å². The monoisotopic (exact) mass is 244 g/mol. The first kappa shape index (κ1) is 13.3. The van der Waals surface area contributed by atoms with Crippen LogP contribution in [0.1, 0.15) is 10.4 Å². The number of rotatable bonds is 4. The van der Waals surface area contributed by atoms with Crippen LogP contribution in [0.2, 0.25) is 0 Å². The molecule has 18 heavy (non-hydrogen) atoms. The molecule has 0 aromatic heterocycles. The molecule has 0 radical (unpaired) electrons. The third kappa shape index (κ3) is 3.13. The van der Waals surface area contributed by atoms with Crippen molar-refractivity contribution in [3.05, 3.63) is 23.8 Å². The van der Waals surface area contributed by atoms with Gasteiger partial charge in [0.2, 0.25) is 0 Å². The molecule has 0 bridgehead atoms. The molecule has 0 saturated heterocycles. The van der Waals surface area contributed by atoms with Crippen molar-refractivity contribution in [1.82, 2.24) is 4.90 Å². The van der Waals surface area contributed by atoms with E-state index >= 15 is 0 Å². The lowest BCUT2D eigenvalue weighted by Crippen LogP contribution is -2.31. The Hall–Kier alpha value is -2.73. The third-order valence-corrected chi connectivity index (χ3v) is 2.22. The Kier molecular flexibility index (Phi) is 4.53. The summed E-state index contributed by atoms with van der Waals surface area (Å²) in [4.78, 5) is 13.2. The van der Waals surface area contributed by atoms with E-state index in [9.17, 15) is 4.79 Å². The molecule has 1 aromatic rings. The van der Waals surface area contributed by atoms with Gasteiger partial charge < -0.3 is 15.4 Å². The van der Waals surface area contributed by atoms with Gasteiger partial charge in [0.1, 0.15) is 18.8 Å². The quantitative estimate of drug-likeness (QED) is 0.622. The molecule has 0 spiro atoms. The van der Waals surface area contributed by atoms with Crippen LogP contribution >= 0.6 is 0 Å². The number of methoxy groups -OCH3 is 1. The second-order valence-electron chi connectivity index (χ2n) is 3.47. The first-order chi connectivity index (χ1) is 8.62. The molecule has 0 aliphatic rings. The van der Waals surface area contributed by atoms with Gasteiger partial charge in [0.05, 0.1) is 19.2 Å². The normalized spacial score (nSPS) is 9.06. The average molecular weight is 244 g/mol. The standard InChI is InChI=1S/C12H12N4O2/c1-18-11-7-9(6-10(15)8-11)12(17)16(4-2-13)5-3-14/h6-8H,4-5,15H2,1H3. The van der Waals surface area contributed by atoms with Gasteiger partial charge >= 0.3 is 0 Å². The zero-order chi connectivity index (χ0) is 13.5. The Bertz CT molecular complexity index is 512. The largest absolute Gasteiger partial charge is 0.497 e. The fourth-order valence-corrected chi connectivity index (χ4v) is 1.42. The summed E-state index contributed by atoms with van der Waals surface area (Å²) in [6.45, 7) is -0.299. The van der Waals surface area contributed by atoms with Gasteiger partial charge in [0.15, 0.2) is 0 Å². The van der Waals surface area contributed by atoms with E-state index in [1.54, 1.807) is 6.07 Å². The molecule has 1 rings (SSSR count). The summed E-state index contributed by atoms with van der Waals surface area (Å²) in [6, 6.07) is 8.25. The highest BCUT2D eigenvalue weighted by atomic mass is 16.5. The van der Waals surface area contributed by atoms with Gasteiger partial charge in [0, 0.05) is 17.3 Å². The van der Waals surface area contributed by atoms with Crippen molar-refractivity contribution in [2.24, 2.45) is 0 Å². The van der Waals surface area contributed by atoms with Gasteiger partial charge in [-0.25, -0.2) is 0 Å². The van der Waals surface area contributed by atoms with Crippen LogP contribution in [0.15, 0.2) is 18.2 Å². The highest BCUT2D eigenvalue weighted by molar-refractivity contribution is 5.95. The average Bonchev–Trinajstić information content (AvgIpc) is 2.36. The first-order valence-corrected chi connectivity index (χ1v) is 5.10. The number of hydrogen-bond acceptors (Lipinski definition) is 5. The van der Waals surface area contributed by atoms with Crippen molar-refractivity contribution in [1.29, 1.82) is 10.5 Å². The highest BCUT2D eigenvalue weighted by Gasteiger charge is 2.16. The van der Waals surface area contributed by atoms with E-state index in [0.717, 1.165) is 4.90 Å². The number of ether oxygens (including phenoxy) is 1. The molecule has 6 heteroatoms. The molecule has 0 heterocycles. The number of carbonyl (C=O) groups is 1. The second-order valence-corrected chi connectivity index (χ2v) is 3.47. The summed E-state index contributed by atoms with van der Waals surface area (Å²) in [5.74, 6) is 0.0240. The number of nitriles is 2. The maximum absolute atomic E-state index is 12.1. The van der Waals surface area contributed by atoms with E-state index in [2.05, 4.69) is 0 Å². The summed E-state index contributed by atoms with van der Waals surface area (Å²) in [7, 11) is 1.46. The fraction of sp³-hybridized carbons (Fsp3) is 0.250. The van der Waals surface area contributed by atoms with Crippen LogP contribution in [0, 0.1) is 22.7 Å². The van der Waals surface area contributed by atoms with E-state index < -0.39 is 5.91 Å². The van der Waals surface area contributed by atoms with Gasteiger partial charge in [-0.1, -0.05) is 0 Å². The molecule has 0 saturated carbocycles. The van der Waals surface area contributed by atoms with Crippen molar-refractivity contribution >= 4 is 11.6 Å². The Morgan fingerprint density at radius 2 is 1.94 bits per heavy atom. The van der Waals surface area contributed by atoms with E-state index in [0.29, 0.717) is 11.4 Å². The molecule has 0 unspecified atom stereocenters. The van der Waals surface area contributed by atoms with Gasteiger partial charge in [-0.2, -0.15) is 10.5 Å². The number of amides is 1. The topological polar surface area (TPSA) is 103 Å². The predicted octanol–water partition coefficient (Wildman–Crippen LogP) is 0.767. The Balaban J connectivity index is 3.05. The molecular formula is C12H12N4O2. The van der Waals surface area contributed by atoms with Crippen LogP contribution in [0.25, 0.3) is 0 Å². The summed E-state index contributed by atoms with van der Waals surface area (Å²) < 4.78 is 5.00. The lowest BCUT2D eigenvalue weighted by atomic mass is 10.1. The smallest absolute Gasteiger partial charge is 0.255 e. The summed E-state index contributed by atoms with van der Waals surface area (Å²) >= 11 is 0. The van der Waals surface area contributed by atoms with Crippen LogP contribution in [0.3, 0.4) is 0 Å². The number of benzene rings is 1. The molecule has 0 fully saturated rings. The van der Waals surface area contributed by atoms with Crippen molar-refractivity contribution in [2.75, 3.05) is 25.9 Å². The number of hydrogen-bond donors (Lipinski definition) is 1. The fourth-order valence-electron chi connectivity index (χ4n) is 1.42. The van der Waals surface area contributed by atoms with Crippen LogP contribution in [-0.2, 0) is 0 Å². The van der Waals surface area contributed by atoms with Gasteiger partial charge in [-0.15, -0.1) is 0 Å². The molecule has 2 N–H and O–H groups in total. The molecular weight excluding hydrogens is 232 g/mol. The summed E-state index contributed by atoms with van der Waals surface area (Å²) in [6.07, 6.45) is 0. The first-order valence-electron chi connectivity index (χ1n) is 5.10. The van der Waals surface area contributed by atoms with Gasteiger partial charge in [-0.3, -0.25) is 4.79 Å². The minimum atomic E-state index is -0.427. The van der Waals surface area contributed by atoms with Crippen LogP contribution in [0.4, 0.5) is 5.69 Å². The molecule has 1 aromatic carbocycles. The Labute approximate surface area is 105 Å². The highest BCUT2D eigenvalue weighted by Crippen LogP contribution is 2.19. The molecule has 0 atom stereocenters. The van der Waals surface area contributed by atoms with E-state index in [1.807, 2.05) is 12.1 Å². The molecule has 1 amide bonds. The van der Waals surface area contributed by atoms with Gasteiger partial charge in [0.25, 0.3) is 5.91 Å². The zero-order valence-electron chi connectivity index (χ0n) is 9.88. The maximum Gasteiger partial charge on any atom is 0.255 e. The van der Waals surface area contributed by atoms with Crippen molar-refractivity contribution in [2.45, 2.75) is 0 Å². The number of nitrogens with zero attached hydrogens (tertiary/aromatic N) is 3. The number of nitrogens with two attached hydrogens (primary N) is 1. The van der Waals surface area contributed by atoms with Crippen LogP contribution in [0.5, 0.6) is 5.75 Å². The van der Waals surface area contributed by atoms with Crippen molar-refractivity contribution < 1.29 is 9.53 Å². The maximum atomic E-state index is 12.1. The van der Waals surface area contributed by atoms with E-state index in [1.165, 1.54) is 19.2 Å². The zero-order valence-corrected chi connectivity index (χ0v) is 9.88. The summed E-state index contributed by atoms with van der Waals surface area (Å²) in [5.41, 5.74) is 6.31. The number of carbonyl (C=O) groups excluding carboxylic acids is 1. The molecule has 6 nitrogen and oxygen atoms in total. The lowest BCUT2D eigenvalue weighted by Gasteiger charge is -2.16. The summed E-state index contributed by atoms with van der Waals surface area (Å²) in [5, 5.41) is 17.2. The SMILES string of the molecule is COc1cc(N)cc(C(=O)N(CC#N)CC#N)c1. The molecule has 0 aliphatic heterocycles. The van der Waals surface area contributed by atoms with Crippen LogP contribution < -0.4 is 10.5 Å². The van der Waals surface area contributed by atoms with E-state index in [4.69, 9.17) is 21.0 Å². The van der Waals surface area contributed by atoms with E-state index in [-0.39, 0.29) is 18.7 Å².